The second kappa shape index (κ2) is 4.31. The summed E-state index contributed by atoms with van der Waals surface area (Å²) >= 11 is 0. The summed E-state index contributed by atoms with van der Waals surface area (Å²) in [5.41, 5.74) is 0. The molecule has 2 fully saturated rings. The molecule has 1 amide bonds. The Morgan fingerprint density at radius 1 is 1.20 bits per heavy atom. The summed E-state index contributed by atoms with van der Waals surface area (Å²) in [5, 5.41) is 9.00. The molecule has 4 nitrogen and oxygen atoms in total. The number of hydrogen-bond donors (Lipinski definition) is 1. The highest BCUT2D eigenvalue weighted by Gasteiger charge is 2.34. The Morgan fingerprint density at radius 3 is 2.33 bits per heavy atom. The van der Waals surface area contributed by atoms with Crippen LogP contribution in [-0.2, 0) is 9.59 Å². The molecule has 84 valence electrons. The van der Waals surface area contributed by atoms with E-state index in [0.29, 0.717) is 12.5 Å². The number of nitrogens with zero attached hydrogens (tertiary/aromatic N) is 1. The van der Waals surface area contributed by atoms with E-state index in [9.17, 15) is 9.59 Å². The van der Waals surface area contributed by atoms with Gasteiger partial charge >= 0.3 is 0 Å². The first-order valence-electron chi connectivity index (χ1n) is 5.62. The van der Waals surface area contributed by atoms with E-state index < -0.39 is 0 Å². The summed E-state index contributed by atoms with van der Waals surface area (Å²) in [6.07, 6.45) is 3.91. The summed E-state index contributed by atoms with van der Waals surface area (Å²) in [4.78, 5) is 24.3. The van der Waals surface area contributed by atoms with Gasteiger partial charge in [-0.3, -0.25) is 9.59 Å². The number of Topliss-reactive ketones (excluding diaryl/α,β-unsaturated/α-hetero) is 1. The fourth-order valence-electron chi connectivity index (χ4n) is 2.58. The summed E-state index contributed by atoms with van der Waals surface area (Å²) in [6.45, 7) is 0.562. The molecule has 1 N–H and O–H groups in total. The highest BCUT2D eigenvalue weighted by molar-refractivity contribution is 6.05. The Morgan fingerprint density at radius 2 is 1.87 bits per heavy atom. The molecule has 0 aromatic carbocycles. The Balaban J connectivity index is 1.90. The normalized spacial score (nSPS) is 32.5. The van der Waals surface area contributed by atoms with Crippen LogP contribution in [0.4, 0.5) is 0 Å². The van der Waals surface area contributed by atoms with Crippen molar-refractivity contribution in [1.29, 1.82) is 0 Å². The summed E-state index contributed by atoms with van der Waals surface area (Å²) in [6, 6.07) is 0.242. The topological polar surface area (TPSA) is 57.6 Å². The van der Waals surface area contributed by atoms with Crippen LogP contribution >= 0.6 is 0 Å². The van der Waals surface area contributed by atoms with Gasteiger partial charge < -0.3 is 10.0 Å². The molecule has 0 unspecified atom stereocenters. The molecule has 1 saturated heterocycles. The van der Waals surface area contributed by atoms with Crippen molar-refractivity contribution in [3.8, 4) is 0 Å². The fourth-order valence-corrected chi connectivity index (χ4v) is 2.58. The van der Waals surface area contributed by atoms with Crippen LogP contribution in [-0.4, -0.2) is 40.9 Å². The zero-order valence-electron chi connectivity index (χ0n) is 8.82. The number of carbonyl (C=O) groups is 2. The second-order valence-electron chi connectivity index (χ2n) is 4.59. The quantitative estimate of drug-likeness (QED) is 0.670. The zero-order chi connectivity index (χ0) is 10.8. The van der Waals surface area contributed by atoms with Crippen molar-refractivity contribution in [1.82, 2.24) is 4.90 Å². The molecule has 0 bridgehead atoms. The average molecular weight is 211 g/mol. The van der Waals surface area contributed by atoms with E-state index in [1.165, 1.54) is 0 Å². The molecule has 0 spiro atoms. The van der Waals surface area contributed by atoms with Gasteiger partial charge in [0.15, 0.2) is 5.78 Å². The Hall–Kier alpha value is -0.900. The molecule has 2 rings (SSSR count). The molecule has 0 radical (unpaired) electrons. The van der Waals surface area contributed by atoms with Crippen LogP contribution in [0, 0.1) is 5.92 Å². The summed E-state index contributed by atoms with van der Waals surface area (Å²) in [5.74, 6) is 0.436. The standard InChI is InChI=1S/C11H17NO3/c13-7-8-1-3-9(4-2-8)12-6-10(14)5-11(12)15/h8-9,13H,1-7H2. The fraction of sp³-hybridized carbons (Fsp3) is 0.818. The Kier molecular flexibility index (Phi) is 3.05. The predicted molar refractivity (Wildman–Crippen MR) is 54.2 cm³/mol. The van der Waals surface area contributed by atoms with Crippen LogP contribution in [0.2, 0.25) is 0 Å². The van der Waals surface area contributed by atoms with E-state index in [1.807, 2.05) is 0 Å². The maximum atomic E-state index is 11.5. The molecular weight excluding hydrogens is 194 g/mol. The number of ketones is 1. The van der Waals surface area contributed by atoms with E-state index in [4.69, 9.17) is 5.11 Å². The van der Waals surface area contributed by atoms with Gasteiger partial charge in [-0.25, -0.2) is 0 Å². The number of amides is 1. The number of aliphatic hydroxyl groups excluding tert-OH is 1. The van der Waals surface area contributed by atoms with Crippen molar-refractivity contribution in [2.75, 3.05) is 13.2 Å². The van der Waals surface area contributed by atoms with Gasteiger partial charge in [0.2, 0.25) is 5.91 Å². The molecule has 0 atom stereocenters. The molecule has 0 aromatic rings. The van der Waals surface area contributed by atoms with Crippen molar-refractivity contribution in [3.63, 3.8) is 0 Å². The second-order valence-corrected chi connectivity index (χ2v) is 4.59. The minimum absolute atomic E-state index is 0.00699. The summed E-state index contributed by atoms with van der Waals surface area (Å²) < 4.78 is 0. The molecule has 1 saturated carbocycles. The van der Waals surface area contributed by atoms with E-state index in [-0.39, 0.29) is 30.8 Å². The largest absolute Gasteiger partial charge is 0.396 e. The minimum Gasteiger partial charge on any atom is -0.396 e. The SMILES string of the molecule is O=C1CC(=O)N(C2CCC(CO)CC2)C1. The van der Waals surface area contributed by atoms with Gasteiger partial charge in [0.1, 0.15) is 0 Å². The smallest absolute Gasteiger partial charge is 0.230 e. The van der Waals surface area contributed by atoms with Crippen molar-refractivity contribution in [3.05, 3.63) is 0 Å². The van der Waals surface area contributed by atoms with Crippen molar-refractivity contribution < 1.29 is 14.7 Å². The van der Waals surface area contributed by atoms with Crippen LogP contribution in [0.3, 0.4) is 0 Å². The Bertz CT molecular complexity index is 269. The summed E-state index contributed by atoms with van der Waals surface area (Å²) in [7, 11) is 0. The lowest BCUT2D eigenvalue weighted by Gasteiger charge is -2.33. The van der Waals surface area contributed by atoms with Crippen molar-refractivity contribution >= 4 is 11.7 Å². The molecule has 0 aromatic heterocycles. The van der Waals surface area contributed by atoms with Crippen LogP contribution in [0.15, 0.2) is 0 Å². The van der Waals surface area contributed by atoms with Crippen molar-refractivity contribution in [2.24, 2.45) is 5.92 Å². The average Bonchev–Trinajstić information content (AvgIpc) is 2.58. The third-order valence-corrected chi connectivity index (χ3v) is 3.53. The number of rotatable bonds is 2. The number of carbonyl (C=O) groups excluding carboxylic acids is 2. The number of aliphatic hydroxyl groups is 1. The minimum atomic E-state index is -0.00699. The Labute approximate surface area is 89.3 Å². The van der Waals surface area contributed by atoms with E-state index in [0.717, 1.165) is 25.7 Å². The monoisotopic (exact) mass is 211 g/mol. The molecule has 1 aliphatic carbocycles. The first kappa shape index (κ1) is 10.6. The first-order chi connectivity index (χ1) is 7.20. The van der Waals surface area contributed by atoms with Gasteiger partial charge in [-0.1, -0.05) is 0 Å². The van der Waals surface area contributed by atoms with Gasteiger partial charge in [0, 0.05) is 12.6 Å². The van der Waals surface area contributed by atoms with Gasteiger partial charge in [-0.2, -0.15) is 0 Å². The predicted octanol–water partition coefficient (Wildman–Crippen LogP) is 0.339. The van der Waals surface area contributed by atoms with Gasteiger partial charge in [0.25, 0.3) is 0 Å². The van der Waals surface area contributed by atoms with E-state index in [1.54, 1.807) is 4.90 Å². The van der Waals surface area contributed by atoms with E-state index in [2.05, 4.69) is 0 Å². The zero-order valence-corrected chi connectivity index (χ0v) is 8.82. The van der Waals surface area contributed by atoms with E-state index >= 15 is 0 Å². The van der Waals surface area contributed by atoms with Crippen LogP contribution in [0.25, 0.3) is 0 Å². The highest BCUT2D eigenvalue weighted by atomic mass is 16.3. The lowest BCUT2D eigenvalue weighted by molar-refractivity contribution is -0.130. The van der Waals surface area contributed by atoms with Gasteiger partial charge in [-0.15, -0.1) is 0 Å². The molecule has 1 aliphatic heterocycles. The molecule has 1 heterocycles. The maximum Gasteiger partial charge on any atom is 0.230 e. The third kappa shape index (κ3) is 2.20. The number of hydrogen-bond acceptors (Lipinski definition) is 3. The first-order valence-corrected chi connectivity index (χ1v) is 5.62. The molecule has 2 aliphatic rings. The maximum absolute atomic E-state index is 11.5. The molecule has 15 heavy (non-hydrogen) atoms. The van der Waals surface area contributed by atoms with Gasteiger partial charge in [-0.05, 0) is 31.6 Å². The third-order valence-electron chi connectivity index (χ3n) is 3.53. The lowest BCUT2D eigenvalue weighted by Crippen LogP contribution is -2.39. The molecular formula is C11H17NO3. The van der Waals surface area contributed by atoms with Crippen molar-refractivity contribution in [2.45, 2.75) is 38.1 Å². The molecule has 4 heteroatoms. The lowest BCUT2D eigenvalue weighted by atomic mass is 9.86. The van der Waals surface area contributed by atoms with Crippen LogP contribution in [0.1, 0.15) is 32.1 Å². The van der Waals surface area contributed by atoms with Gasteiger partial charge in [0.05, 0.1) is 13.0 Å². The van der Waals surface area contributed by atoms with Crippen LogP contribution < -0.4 is 0 Å². The number of likely N-dealkylation sites (tertiary alicyclic amines) is 1. The highest BCUT2D eigenvalue weighted by Crippen LogP contribution is 2.28. The van der Waals surface area contributed by atoms with Crippen LogP contribution in [0.5, 0.6) is 0 Å².